The highest BCUT2D eigenvalue weighted by Gasteiger charge is 2.29. The van der Waals surface area contributed by atoms with Crippen molar-refractivity contribution in [3.8, 4) is 0 Å². The third-order valence-electron chi connectivity index (χ3n) is 2.76. The average molecular weight is 224 g/mol. The molecule has 1 fully saturated rings. The zero-order valence-corrected chi connectivity index (χ0v) is 8.50. The van der Waals surface area contributed by atoms with Crippen LogP contribution in [0.4, 0.5) is 8.78 Å². The highest BCUT2D eigenvalue weighted by molar-refractivity contribution is 6.01. The molecule has 0 amide bonds. The monoisotopic (exact) mass is 224 g/mol. The molecule has 1 unspecified atom stereocenters. The lowest BCUT2D eigenvalue weighted by molar-refractivity contribution is -0.117. The normalized spacial score (nSPS) is 20.1. The molecule has 0 radical (unpaired) electrons. The fourth-order valence-corrected chi connectivity index (χ4v) is 1.97. The van der Waals surface area contributed by atoms with Gasteiger partial charge in [-0.1, -0.05) is 0 Å². The molecule has 84 valence electrons. The molecular formula is C12H10F2O2. The summed E-state index contributed by atoms with van der Waals surface area (Å²) >= 11 is 0. The summed E-state index contributed by atoms with van der Waals surface area (Å²) in [6, 6.07) is 2.74. The highest BCUT2D eigenvalue weighted by atomic mass is 19.1. The van der Waals surface area contributed by atoms with E-state index >= 15 is 0 Å². The first kappa shape index (κ1) is 10.9. The van der Waals surface area contributed by atoms with E-state index in [9.17, 15) is 18.4 Å². The molecule has 1 aromatic carbocycles. The van der Waals surface area contributed by atoms with Crippen LogP contribution < -0.4 is 0 Å². The minimum atomic E-state index is -0.771. The van der Waals surface area contributed by atoms with E-state index in [0.717, 1.165) is 18.2 Å². The summed E-state index contributed by atoms with van der Waals surface area (Å²) in [7, 11) is 0. The van der Waals surface area contributed by atoms with Crippen molar-refractivity contribution >= 4 is 11.6 Å². The first-order chi connectivity index (χ1) is 7.56. The van der Waals surface area contributed by atoms with Crippen LogP contribution in [0.25, 0.3) is 0 Å². The van der Waals surface area contributed by atoms with Gasteiger partial charge in [0, 0.05) is 30.4 Å². The SMILES string of the molecule is O=C1CCC(C(=O)c2cc(F)cc(F)c2)C1. The number of ketones is 2. The number of carbonyl (C=O) groups excluding carboxylic acids is 2. The second kappa shape index (κ2) is 4.12. The van der Waals surface area contributed by atoms with Gasteiger partial charge in [0.15, 0.2) is 5.78 Å². The van der Waals surface area contributed by atoms with E-state index in [-0.39, 0.29) is 23.6 Å². The van der Waals surface area contributed by atoms with Gasteiger partial charge in [-0.25, -0.2) is 8.78 Å². The molecule has 1 aliphatic rings. The number of rotatable bonds is 2. The summed E-state index contributed by atoms with van der Waals surface area (Å²) in [6.07, 6.45) is 1.06. The first-order valence-corrected chi connectivity index (χ1v) is 5.08. The number of Topliss-reactive ketones (excluding diaryl/α,β-unsaturated/α-hetero) is 2. The van der Waals surface area contributed by atoms with Crippen LogP contribution in [0.5, 0.6) is 0 Å². The van der Waals surface area contributed by atoms with E-state index in [2.05, 4.69) is 0 Å². The van der Waals surface area contributed by atoms with Crippen molar-refractivity contribution in [1.82, 2.24) is 0 Å². The Bertz CT molecular complexity index is 434. The molecule has 16 heavy (non-hydrogen) atoms. The van der Waals surface area contributed by atoms with Crippen LogP contribution >= 0.6 is 0 Å². The van der Waals surface area contributed by atoms with Gasteiger partial charge in [-0.2, -0.15) is 0 Å². The van der Waals surface area contributed by atoms with Gasteiger partial charge in [-0.05, 0) is 18.6 Å². The Hall–Kier alpha value is -1.58. The average Bonchev–Trinajstić information content (AvgIpc) is 2.62. The van der Waals surface area contributed by atoms with Crippen molar-refractivity contribution in [2.45, 2.75) is 19.3 Å². The Morgan fingerprint density at radius 1 is 1.19 bits per heavy atom. The second-order valence-electron chi connectivity index (χ2n) is 4.00. The van der Waals surface area contributed by atoms with Crippen LogP contribution in [-0.4, -0.2) is 11.6 Å². The van der Waals surface area contributed by atoms with Crippen molar-refractivity contribution in [2.24, 2.45) is 5.92 Å². The van der Waals surface area contributed by atoms with Gasteiger partial charge in [0.25, 0.3) is 0 Å². The molecule has 0 heterocycles. The number of halogens is 2. The molecule has 1 saturated carbocycles. The molecule has 0 aliphatic heterocycles. The molecule has 2 rings (SSSR count). The summed E-state index contributed by atoms with van der Waals surface area (Å²) in [5.74, 6) is -2.26. The van der Waals surface area contributed by atoms with Crippen molar-refractivity contribution in [1.29, 1.82) is 0 Å². The summed E-state index contributed by atoms with van der Waals surface area (Å²) < 4.78 is 25.8. The van der Waals surface area contributed by atoms with Crippen LogP contribution in [-0.2, 0) is 4.79 Å². The second-order valence-corrected chi connectivity index (χ2v) is 4.00. The van der Waals surface area contributed by atoms with Gasteiger partial charge in [0.05, 0.1) is 0 Å². The van der Waals surface area contributed by atoms with E-state index in [1.165, 1.54) is 0 Å². The fraction of sp³-hybridized carbons (Fsp3) is 0.333. The maximum absolute atomic E-state index is 12.9. The van der Waals surface area contributed by atoms with Gasteiger partial charge >= 0.3 is 0 Å². The summed E-state index contributed by atoms with van der Waals surface area (Å²) in [5, 5.41) is 0. The third-order valence-corrected chi connectivity index (χ3v) is 2.76. The number of hydrogen-bond acceptors (Lipinski definition) is 2. The zero-order chi connectivity index (χ0) is 11.7. The van der Waals surface area contributed by atoms with E-state index in [0.29, 0.717) is 12.8 Å². The predicted molar refractivity (Wildman–Crippen MR) is 53.0 cm³/mol. The van der Waals surface area contributed by atoms with Gasteiger partial charge in [0.1, 0.15) is 17.4 Å². The molecule has 4 heteroatoms. The van der Waals surface area contributed by atoms with E-state index < -0.39 is 17.6 Å². The van der Waals surface area contributed by atoms with E-state index in [4.69, 9.17) is 0 Å². The van der Waals surface area contributed by atoms with E-state index in [1.807, 2.05) is 0 Å². The standard InChI is InChI=1S/C12H10F2O2/c13-9-3-8(4-10(14)6-9)12(16)7-1-2-11(15)5-7/h3-4,6-7H,1-2,5H2. The third kappa shape index (κ3) is 2.15. The summed E-state index contributed by atoms with van der Waals surface area (Å²) in [5.41, 5.74) is 0.0113. The first-order valence-electron chi connectivity index (χ1n) is 5.08. The molecule has 2 nitrogen and oxygen atoms in total. The molecule has 0 saturated heterocycles. The van der Waals surface area contributed by atoms with Crippen molar-refractivity contribution < 1.29 is 18.4 Å². The molecular weight excluding hydrogens is 214 g/mol. The topological polar surface area (TPSA) is 34.1 Å². The van der Waals surface area contributed by atoms with Crippen molar-refractivity contribution in [3.05, 3.63) is 35.4 Å². The van der Waals surface area contributed by atoms with Crippen LogP contribution in [0.2, 0.25) is 0 Å². The fourth-order valence-electron chi connectivity index (χ4n) is 1.97. The molecule has 1 atom stereocenters. The quantitative estimate of drug-likeness (QED) is 0.723. The van der Waals surface area contributed by atoms with Crippen LogP contribution in [0.3, 0.4) is 0 Å². The Balaban J connectivity index is 2.23. The summed E-state index contributed by atoms with van der Waals surface area (Å²) in [6.45, 7) is 0. The van der Waals surface area contributed by atoms with Crippen molar-refractivity contribution in [2.75, 3.05) is 0 Å². The molecule has 1 aromatic rings. The Kier molecular flexibility index (Phi) is 2.81. The smallest absolute Gasteiger partial charge is 0.166 e. The maximum atomic E-state index is 12.9. The molecule has 0 spiro atoms. The molecule has 1 aliphatic carbocycles. The van der Waals surface area contributed by atoms with Gasteiger partial charge in [-0.3, -0.25) is 9.59 Å². The lowest BCUT2D eigenvalue weighted by atomic mass is 9.96. The van der Waals surface area contributed by atoms with Gasteiger partial charge < -0.3 is 0 Å². The van der Waals surface area contributed by atoms with Crippen LogP contribution in [0, 0.1) is 17.6 Å². The molecule has 0 bridgehead atoms. The summed E-state index contributed by atoms with van der Waals surface area (Å²) in [4.78, 5) is 22.8. The Labute approximate surface area is 91.3 Å². The lowest BCUT2D eigenvalue weighted by Crippen LogP contribution is -2.12. The van der Waals surface area contributed by atoms with E-state index in [1.54, 1.807) is 0 Å². The van der Waals surface area contributed by atoms with Crippen LogP contribution in [0.15, 0.2) is 18.2 Å². The minimum Gasteiger partial charge on any atom is -0.300 e. The Morgan fingerprint density at radius 2 is 1.81 bits per heavy atom. The molecule has 0 N–H and O–H groups in total. The maximum Gasteiger partial charge on any atom is 0.166 e. The lowest BCUT2D eigenvalue weighted by Gasteiger charge is -2.07. The molecule has 0 aromatic heterocycles. The number of carbonyl (C=O) groups is 2. The van der Waals surface area contributed by atoms with Gasteiger partial charge in [0.2, 0.25) is 0 Å². The number of hydrogen-bond donors (Lipinski definition) is 0. The largest absolute Gasteiger partial charge is 0.300 e. The predicted octanol–water partition coefficient (Wildman–Crippen LogP) is 2.52. The Morgan fingerprint density at radius 3 is 2.31 bits per heavy atom. The van der Waals surface area contributed by atoms with Crippen molar-refractivity contribution in [3.63, 3.8) is 0 Å². The van der Waals surface area contributed by atoms with Gasteiger partial charge in [-0.15, -0.1) is 0 Å². The minimum absolute atomic E-state index is 0.0113. The highest BCUT2D eigenvalue weighted by Crippen LogP contribution is 2.26. The van der Waals surface area contributed by atoms with Crippen LogP contribution in [0.1, 0.15) is 29.6 Å². The number of benzene rings is 1. The zero-order valence-electron chi connectivity index (χ0n) is 8.50.